The summed E-state index contributed by atoms with van der Waals surface area (Å²) in [6, 6.07) is 1.83. The van der Waals surface area contributed by atoms with Gasteiger partial charge in [0.05, 0.1) is 6.26 Å². The van der Waals surface area contributed by atoms with E-state index in [2.05, 4.69) is 4.98 Å². The van der Waals surface area contributed by atoms with Gasteiger partial charge < -0.3 is 9.52 Å². The van der Waals surface area contributed by atoms with Crippen LogP contribution >= 0.6 is 11.3 Å². The number of carbonyl (C=O) groups is 1. The van der Waals surface area contributed by atoms with Crippen LogP contribution in [0, 0.1) is 13.8 Å². The molecule has 0 spiro atoms. The Balaban J connectivity index is 2.52. The number of rotatable bonds is 2. The molecular formula is C10H9NO3S. The lowest BCUT2D eigenvalue weighted by Crippen LogP contribution is -1.98. The highest BCUT2D eigenvalue weighted by Crippen LogP contribution is 2.30. The Morgan fingerprint density at radius 1 is 1.53 bits per heavy atom. The van der Waals surface area contributed by atoms with Crippen LogP contribution in [0.2, 0.25) is 0 Å². The van der Waals surface area contributed by atoms with E-state index in [0.717, 1.165) is 5.56 Å². The van der Waals surface area contributed by atoms with Crippen molar-refractivity contribution in [1.29, 1.82) is 0 Å². The number of carboxylic acid groups (broad SMARTS) is 1. The summed E-state index contributed by atoms with van der Waals surface area (Å²) in [5.74, 6) is -0.352. The van der Waals surface area contributed by atoms with Gasteiger partial charge in [-0.05, 0) is 25.5 Å². The number of furan rings is 1. The van der Waals surface area contributed by atoms with E-state index in [1.165, 1.54) is 11.3 Å². The van der Waals surface area contributed by atoms with Gasteiger partial charge in [-0.3, -0.25) is 0 Å². The zero-order chi connectivity index (χ0) is 11.0. The molecule has 2 aromatic rings. The van der Waals surface area contributed by atoms with Crippen molar-refractivity contribution in [2.45, 2.75) is 13.8 Å². The smallest absolute Gasteiger partial charge is 0.355 e. The summed E-state index contributed by atoms with van der Waals surface area (Å²) in [6.07, 6.45) is 1.57. The van der Waals surface area contributed by atoms with Crippen LogP contribution in [0.25, 0.3) is 10.8 Å². The highest BCUT2D eigenvalue weighted by Gasteiger charge is 2.17. The molecule has 1 N–H and O–H groups in total. The van der Waals surface area contributed by atoms with Crippen molar-refractivity contribution in [2.24, 2.45) is 0 Å². The molecule has 4 nitrogen and oxygen atoms in total. The van der Waals surface area contributed by atoms with Crippen molar-refractivity contribution < 1.29 is 14.3 Å². The number of carboxylic acids is 1. The molecule has 0 aromatic carbocycles. The minimum atomic E-state index is -1.00. The Kier molecular flexibility index (Phi) is 2.32. The molecule has 2 aromatic heterocycles. The number of nitrogens with zero attached hydrogens (tertiary/aromatic N) is 1. The van der Waals surface area contributed by atoms with Gasteiger partial charge in [-0.25, -0.2) is 9.78 Å². The largest absolute Gasteiger partial charge is 0.476 e. The van der Waals surface area contributed by atoms with Crippen molar-refractivity contribution in [3.63, 3.8) is 0 Å². The van der Waals surface area contributed by atoms with E-state index in [1.807, 2.05) is 13.0 Å². The van der Waals surface area contributed by atoms with Crippen LogP contribution in [0.15, 0.2) is 16.7 Å². The van der Waals surface area contributed by atoms with Crippen molar-refractivity contribution in [2.75, 3.05) is 0 Å². The maximum atomic E-state index is 10.8. The van der Waals surface area contributed by atoms with Gasteiger partial charge in [-0.2, -0.15) is 0 Å². The summed E-state index contributed by atoms with van der Waals surface area (Å²) in [5.41, 5.74) is 1.06. The first-order valence-corrected chi connectivity index (χ1v) is 5.16. The topological polar surface area (TPSA) is 63.3 Å². The van der Waals surface area contributed by atoms with Crippen LogP contribution in [-0.2, 0) is 0 Å². The Hall–Kier alpha value is -1.62. The quantitative estimate of drug-likeness (QED) is 0.850. The van der Waals surface area contributed by atoms with Crippen molar-refractivity contribution in [1.82, 2.24) is 4.98 Å². The maximum Gasteiger partial charge on any atom is 0.355 e. The number of hydrogen-bond donors (Lipinski definition) is 1. The minimum Gasteiger partial charge on any atom is -0.476 e. The molecule has 0 bridgehead atoms. The molecule has 2 rings (SSSR count). The Labute approximate surface area is 90.2 Å². The van der Waals surface area contributed by atoms with Gasteiger partial charge in [0.25, 0.3) is 0 Å². The second kappa shape index (κ2) is 3.51. The second-order valence-corrected chi connectivity index (χ2v) is 4.36. The van der Waals surface area contributed by atoms with E-state index in [-0.39, 0.29) is 5.69 Å². The Bertz CT molecular complexity index is 512. The van der Waals surface area contributed by atoms with Gasteiger partial charge in [-0.1, -0.05) is 0 Å². The Morgan fingerprint density at radius 2 is 2.27 bits per heavy atom. The molecule has 0 fully saturated rings. The highest BCUT2D eigenvalue weighted by molar-refractivity contribution is 7.15. The summed E-state index contributed by atoms with van der Waals surface area (Å²) in [5, 5.41) is 9.48. The predicted octanol–water partition coefficient (Wildman–Crippen LogP) is 2.72. The van der Waals surface area contributed by atoms with Crippen molar-refractivity contribution >= 4 is 17.3 Å². The number of thiazole rings is 1. The van der Waals surface area contributed by atoms with E-state index >= 15 is 0 Å². The van der Waals surface area contributed by atoms with Gasteiger partial charge in [0.2, 0.25) is 0 Å². The summed E-state index contributed by atoms with van der Waals surface area (Å²) in [4.78, 5) is 15.5. The first-order chi connectivity index (χ1) is 7.09. The fraction of sp³-hybridized carbons (Fsp3) is 0.200. The monoisotopic (exact) mass is 223 g/mol. The number of aryl methyl sites for hydroxylation is 2. The molecule has 0 unspecified atom stereocenters. The predicted molar refractivity (Wildman–Crippen MR) is 56.2 cm³/mol. The normalized spacial score (nSPS) is 10.5. The van der Waals surface area contributed by atoms with Crippen molar-refractivity contribution in [3.05, 3.63) is 28.5 Å². The number of aromatic nitrogens is 1. The van der Waals surface area contributed by atoms with Crippen LogP contribution in [-0.4, -0.2) is 16.1 Å². The van der Waals surface area contributed by atoms with E-state index in [4.69, 9.17) is 9.52 Å². The van der Waals surface area contributed by atoms with Gasteiger partial charge >= 0.3 is 5.97 Å². The third kappa shape index (κ3) is 1.66. The summed E-state index contributed by atoms with van der Waals surface area (Å²) < 4.78 is 5.25. The highest BCUT2D eigenvalue weighted by atomic mass is 32.1. The molecule has 2 heterocycles. The molecule has 0 saturated heterocycles. The lowest BCUT2D eigenvalue weighted by Gasteiger charge is -1.90. The van der Waals surface area contributed by atoms with E-state index in [9.17, 15) is 4.79 Å². The fourth-order valence-corrected chi connectivity index (χ4v) is 2.24. The molecule has 78 valence electrons. The van der Waals surface area contributed by atoms with Gasteiger partial charge in [0, 0.05) is 4.88 Å². The first-order valence-electron chi connectivity index (χ1n) is 4.35. The molecule has 0 aliphatic carbocycles. The lowest BCUT2D eigenvalue weighted by atomic mass is 10.3. The van der Waals surface area contributed by atoms with E-state index in [0.29, 0.717) is 15.6 Å². The summed E-state index contributed by atoms with van der Waals surface area (Å²) in [7, 11) is 0. The average molecular weight is 223 g/mol. The van der Waals surface area contributed by atoms with Crippen LogP contribution in [0.1, 0.15) is 20.9 Å². The second-order valence-electron chi connectivity index (χ2n) is 3.16. The van der Waals surface area contributed by atoms with Gasteiger partial charge in [0.15, 0.2) is 16.5 Å². The molecule has 0 radical (unpaired) electrons. The number of aromatic carboxylic acids is 1. The zero-order valence-electron chi connectivity index (χ0n) is 8.27. The van der Waals surface area contributed by atoms with Crippen LogP contribution < -0.4 is 0 Å². The van der Waals surface area contributed by atoms with Gasteiger partial charge in [0.1, 0.15) is 0 Å². The molecule has 0 aliphatic rings. The van der Waals surface area contributed by atoms with Crippen LogP contribution in [0.5, 0.6) is 0 Å². The lowest BCUT2D eigenvalue weighted by molar-refractivity contribution is 0.0690. The minimum absolute atomic E-state index is 0.103. The Morgan fingerprint density at radius 3 is 2.73 bits per heavy atom. The summed E-state index contributed by atoms with van der Waals surface area (Å²) in [6.45, 7) is 3.64. The zero-order valence-corrected chi connectivity index (χ0v) is 9.09. The molecule has 0 saturated carbocycles. The summed E-state index contributed by atoms with van der Waals surface area (Å²) >= 11 is 1.33. The molecule has 0 atom stereocenters. The van der Waals surface area contributed by atoms with Crippen molar-refractivity contribution in [3.8, 4) is 10.8 Å². The number of hydrogen-bond acceptors (Lipinski definition) is 4. The van der Waals surface area contributed by atoms with Crippen LogP contribution in [0.3, 0.4) is 0 Å². The molecule has 0 aliphatic heterocycles. The molecule has 0 amide bonds. The maximum absolute atomic E-state index is 10.8. The SMILES string of the molecule is Cc1ccoc1-c1nc(C(=O)O)c(C)s1. The van der Waals surface area contributed by atoms with E-state index in [1.54, 1.807) is 13.2 Å². The molecule has 5 heteroatoms. The fourth-order valence-electron chi connectivity index (χ4n) is 1.28. The first kappa shape index (κ1) is 9.92. The molecular weight excluding hydrogens is 214 g/mol. The third-order valence-electron chi connectivity index (χ3n) is 2.06. The molecule has 15 heavy (non-hydrogen) atoms. The van der Waals surface area contributed by atoms with Gasteiger partial charge in [-0.15, -0.1) is 11.3 Å². The van der Waals surface area contributed by atoms with E-state index < -0.39 is 5.97 Å². The van der Waals surface area contributed by atoms with Crippen LogP contribution in [0.4, 0.5) is 0 Å². The average Bonchev–Trinajstić information content (AvgIpc) is 2.71. The standard InChI is InChI=1S/C10H9NO3S/c1-5-3-4-14-8(5)9-11-7(10(12)13)6(2)15-9/h3-4H,1-2H3,(H,12,13). The third-order valence-corrected chi connectivity index (χ3v) is 3.03.